The second-order valence-electron chi connectivity index (χ2n) is 7.97. The highest BCUT2D eigenvalue weighted by molar-refractivity contribution is 6.46. The number of carbonyl (C=O) groups is 2. The molecule has 8 nitrogen and oxygen atoms in total. The number of nitrogens with zero attached hydrogens (tertiary/aromatic N) is 1. The van der Waals surface area contributed by atoms with Crippen LogP contribution < -0.4 is 9.47 Å². The van der Waals surface area contributed by atoms with E-state index in [2.05, 4.69) is 0 Å². The molecule has 0 saturated carbocycles. The largest absolute Gasteiger partial charge is 0.507 e. The Labute approximate surface area is 199 Å². The summed E-state index contributed by atoms with van der Waals surface area (Å²) in [5.41, 5.74) is 1.69. The Balaban J connectivity index is 2.13. The van der Waals surface area contributed by atoms with Crippen molar-refractivity contribution in [1.29, 1.82) is 0 Å². The highest BCUT2D eigenvalue weighted by Gasteiger charge is 2.46. The van der Waals surface area contributed by atoms with Crippen LogP contribution in [-0.2, 0) is 14.3 Å². The second kappa shape index (κ2) is 11.1. The average Bonchev–Trinajstić information content (AvgIpc) is 3.07. The number of ketones is 1. The quantitative estimate of drug-likeness (QED) is 0.308. The predicted octanol–water partition coefficient (Wildman–Crippen LogP) is 3.96. The minimum absolute atomic E-state index is 0.0316. The van der Waals surface area contributed by atoms with Gasteiger partial charge in [-0.15, -0.1) is 0 Å². The number of aliphatic hydroxyl groups excluding tert-OH is 1. The molecule has 34 heavy (non-hydrogen) atoms. The summed E-state index contributed by atoms with van der Waals surface area (Å²) in [6.07, 6.45) is 0.864. The van der Waals surface area contributed by atoms with E-state index in [1.165, 1.54) is 18.1 Å². The Morgan fingerprint density at radius 2 is 1.79 bits per heavy atom. The van der Waals surface area contributed by atoms with E-state index in [0.717, 1.165) is 12.0 Å². The third kappa shape index (κ3) is 5.02. The lowest BCUT2D eigenvalue weighted by Gasteiger charge is -2.25. The monoisotopic (exact) mass is 469 g/mol. The minimum Gasteiger partial charge on any atom is -0.507 e. The molecule has 0 radical (unpaired) electrons. The van der Waals surface area contributed by atoms with Crippen molar-refractivity contribution in [3.05, 3.63) is 58.7 Å². The van der Waals surface area contributed by atoms with Gasteiger partial charge in [-0.25, -0.2) is 0 Å². The van der Waals surface area contributed by atoms with Gasteiger partial charge in [0, 0.05) is 19.2 Å². The highest BCUT2D eigenvalue weighted by Crippen LogP contribution is 2.42. The van der Waals surface area contributed by atoms with Gasteiger partial charge in [0.05, 0.1) is 31.4 Å². The number of hydrogen-bond donors (Lipinski definition) is 2. The van der Waals surface area contributed by atoms with Gasteiger partial charge in [0.15, 0.2) is 11.5 Å². The molecule has 1 aliphatic rings. The number of Topliss-reactive ketones (excluding diaryl/α,β-unsaturated/α-hetero) is 1. The van der Waals surface area contributed by atoms with Crippen molar-refractivity contribution >= 4 is 17.4 Å². The fourth-order valence-electron chi connectivity index (χ4n) is 3.94. The van der Waals surface area contributed by atoms with Crippen LogP contribution >= 0.6 is 0 Å². The van der Waals surface area contributed by atoms with E-state index in [9.17, 15) is 19.8 Å². The van der Waals surface area contributed by atoms with Crippen LogP contribution in [0.5, 0.6) is 17.2 Å². The van der Waals surface area contributed by atoms with Crippen LogP contribution in [0.3, 0.4) is 0 Å². The third-order valence-electron chi connectivity index (χ3n) is 5.59. The topological polar surface area (TPSA) is 106 Å². The Hall–Kier alpha value is -3.52. The number of methoxy groups -OCH3 is 1. The van der Waals surface area contributed by atoms with E-state index in [4.69, 9.17) is 14.2 Å². The van der Waals surface area contributed by atoms with Crippen LogP contribution in [0.1, 0.15) is 43.0 Å². The first-order chi connectivity index (χ1) is 16.3. The molecular weight excluding hydrogens is 438 g/mol. The lowest BCUT2D eigenvalue weighted by Crippen LogP contribution is -2.32. The summed E-state index contributed by atoms with van der Waals surface area (Å²) in [4.78, 5) is 27.4. The first kappa shape index (κ1) is 25.1. The van der Waals surface area contributed by atoms with Gasteiger partial charge < -0.3 is 29.3 Å². The Morgan fingerprint density at radius 3 is 2.44 bits per heavy atom. The fraction of sp³-hybridized carbons (Fsp3) is 0.385. The van der Waals surface area contributed by atoms with Crippen molar-refractivity contribution in [3.63, 3.8) is 0 Å². The van der Waals surface area contributed by atoms with Crippen LogP contribution in [0.15, 0.2) is 42.0 Å². The standard InChI is InChI=1S/C26H31NO7/c1-5-12-34-20-10-8-18(14-16(20)3)24(29)22-23(27(11-13-32-4)26(31)25(22)30)17-7-9-19(28)21(15-17)33-6-2/h7-10,14-15,23,28-29H,5-6,11-13H2,1-4H3/b24-22-. The molecule has 1 atom stereocenters. The number of aromatic hydroxyl groups is 1. The SMILES string of the molecule is CCCOc1ccc(/C(O)=C2/C(=O)C(=O)N(CCOC)C2c2ccc(O)c(OCC)c2)cc1C. The van der Waals surface area contributed by atoms with Gasteiger partial charge in [0.2, 0.25) is 0 Å². The third-order valence-corrected chi connectivity index (χ3v) is 5.59. The van der Waals surface area contributed by atoms with Crippen LogP contribution in [-0.4, -0.2) is 60.3 Å². The fourth-order valence-corrected chi connectivity index (χ4v) is 3.94. The normalized spacial score (nSPS) is 17.3. The second-order valence-corrected chi connectivity index (χ2v) is 7.97. The zero-order valence-electron chi connectivity index (χ0n) is 20.0. The van der Waals surface area contributed by atoms with E-state index in [1.807, 2.05) is 13.8 Å². The molecule has 0 aromatic heterocycles. The maximum Gasteiger partial charge on any atom is 0.295 e. The van der Waals surface area contributed by atoms with E-state index in [-0.39, 0.29) is 36.0 Å². The van der Waals surface area contributed by atoms with Gasteiger partial charge in [-0.05, 0) is 61.7 Å². The van der Waals surface area contributed by atoms with Gasteiger partial charge in [0.25, 0.3) is 11.7 Å². The van der Waals surface area contributed by atoms with Gasteiger partial charge in [0.1, 0.15) is 11.5 Å². The first-order valence-corrected chi connectivity index (χ1v) is 11.3. The number of amides is 1. The van der Waals surface area contributed by atoms with Crippen molar-refractivity contribution in [2.24, 2.45) is 0 Å². The molecular formula is C26H31NO7. The number of aryl methyl sites for hydroxylation is 1. The molecule has 0 aliphatic carbocycles. The van der Waals surface area contributed by atoms with Crippen molar-refractivity contribution < 1.29 is 34.0 Å². The molecule has 0 bridgehead atoms. The Bertz CT molecular complexity index is 1090. The number of phenols is 1. The maximum absolute atomic E-state index is 13.1. The maximum atomic E-state index is 13.1. The molecule has 2 N–H and O–H groups in total. The van der Waals surface area contributed by atoms with Crippen molar-refractivity contribution in [1.82, 2.24) is 4.90 Å². The minimum atomic E-state index is -0.869. The smallest absolute Gasteiger partial charge is 0.295 e. The molecule has 8 heteroatoms. The summed E-state index contributed by atoms with van der Waals surface area (Å²) in [6.45, 7) is 6.90. The van der Waals surface area contributed by atoms with Crippen LogP contribution in [0.4, 0.5) is 0 Å². The van der Waals surface area contributed by atoms with E-state index < -0.39 is 17.7 Å². The van der Waals surface area contributed by atoms with Crippen LogP contribution in [0.25, 0.3) is 5.76 Å². The molecule has 1 fully saturated rings. The summed E-state index contributed by atoms with van der Waals surface area (Å²) in [6, 6.07) is 8.89. The lowest BCUT2D eigenvalue weighted by molar-refractivity contribution is -0.140. The van der Waals surface area contributed by atoms with Crippen LogP contribution in [0.2, 0.25) is 0 Å². The van der Waals surface area contributed by atoms with Crippen molar-refractivity contribution in [3.8, 4) is 17.2 Å². The number of rotatable bonds is 10. The molecule has 1 heterocycles. The number of benzene rings is 2. The zero-order valence-corrected chi connectivity index (χ0v) is 20.0. The van der Waals surface area contributed by atoms with E-state index in [1.54, 1.807) is 37.3 Å². The molecule has 3 rings (SSSR count). The first-order valence-electron chi connectivity index (χ1n) is 11.3. The number of ether oxygens (including phenoxy) is 3. The van der Waals surface area contributed by atoms with Crippen molar-refractivity contribution in [2.45, 2.75) is 33.2 Å². The zero-order chi connectivity index (χ0) is 24.8. The summed E-state index contributed by atoms with van der Waals surface area (Å²) >= 11 is 0. The lowest BCUT2D eigenvalue weighted by atomic mass is 9.94. The summed E-state index contributed by atoms with van der Waals surface area (Å²) in [7, 11) is 1.50. The molecule has 2 aromatic rings. The summed E-state index contributed by atoms with van der Waals surface area (Å²) < 4.78 is 16.3. The molecule has 1 amide bonds. The van der Waals surface area contributed by atoms with Gasteiger partial charge >= 0.3 is 0 Å². The number of phenolic OH excluding ortho intramolecular Hbond substituents is 1. The van der Waals surface area contributed by atoms with Gasteiger partial charge in [-0.1, -0.05) is 13.0 Å². The molecule has 1 unspecified atom stereocenters. The number of likely N-dealkylation sites (tertiary alicyclic amines) is 1. The molecule has 0 spiro atoms. The molecule has 1 saturated heterocycles. The Morgan fingerprint density at radius 1 is 1.03 bits per heavy atom. The predicted molar refractivity (Wildman–Crippen MR) is 127 cm³/mol. The summed E-state index contributed by atoms with van der Waals surface area (Å²) in [5.74, 6) is -0.930. The molecule has 1 aliphatic heterocycles. The van der Waals surface area contributed by atoms with Gasteiger partial charge in [-0.3, -0.25) is 9.59 Å². The number of carbonyl (C=O) groups excluding carboxylic acids is 2. The van der Waals surface area contributed by atoms with E-state index >= 15 is 0 Å². The number of aliphatic hydroxyl groups is 1. The molecule has 182 valence electrons. The average molecular weight is 470 g/mol. The van der Waals surface area contributed by atoms with E-state index in [0.29, 0.717) is 30.1 Å². The Kier molecular flexibility index (Phi) is 8.17. The van der Waals surface area contributed by atoms with Gasteiger partial charge in [-0.2, -0.15) is 0 Å². The highest BCUT2D eigenvalue weighted by atomic mass is 16.5. The van der Waals surface area contributed by atoms with Crippen LogP contribution in [0, 0.1) is 6.92 Å². The molecule has 2 aromatic carbocycles. The van der Waals surface area contributed by atoms with Crippen molar-refractivity contribution in [2.75, 3.05) is 33.5 Å². The summed E-state index contributed by atoms with van der Waals surface area (Å²) in [5, 5.41) is 21.4. The number of hydrogen-bond acceptors (Lipinski definition) is 7.